The minimum Gasteiger partial charge on any atom is -0.445 e. The molecule has 24 heavy (non-hydrogen) atoms. The molecule has 0 unspecified atom stereocenters. The molecule has 0 aromatic heterocycles. The summed E-state index contributed by atoms with van der Waals surface area (Å²) in [4.78, 5) is 11.8. The van der Waals surface area contributed by atoms with Crippen LogP contribution in [0.25, 0.3) is 6.08 Å². The van der Waals surface area contributed by atoms with Gasteiger partial charge in [0.1, 0.15) is 6.61 Å². The van der Waals surface area contributed by atoms with Crippen molar-refractivity contribution in [1.29, 1.82) is 0 Å². The summed E-state index contributed by atoms with van der Waals surface area (Å²) in [5, 5.41) is 2.61. The minimum absolute atomic E-state index is 0.226. The number of amides is 1. The third-order valence-corrected chi connectivity index (χ3v) is 4.32. The predicted octanol–water partition coefficient (Wildman–Crippen LogP) is 3.03. The van der Waals surface area contributed by atoms with Crippen LogP contribution in [0.3, 0.4) is 0 Å². The van der Waals surface area contributed by atoms with E-state index in [9.17, 15) is 13.2 Å². The molecular weight excluding hydrogens is 326 g/mol. The molecule has 5 nitrogen and oxygen atoms in total. The van der Waals surface area contributed by atoms with Gasteiger partial charge in [0.15, 0.2) is 9.84 Å². The second kappa shape index (κ2) is 8.31. The van der Waals surface area contributed by atoms with Crippen LogP contribution in [0.1, 0.15) is 11.1 Å². The largest absolute Gasteiger partial charge is 0.445 e. The van der Waals surface area contributed by atoms with Crippen LogP contribution in [-0.4, -0.2) is 27.3 Å². The first-order valence-electron chi connectivity index (χ1n) is 7.36. The lowest BCUT2D eigenvalue weighted by Gasteiger charge is -2.05. The average Bonchev–Trinajstić information content (AvgIpc) is 2.57. The van der Waals surface area contributed by atoms with Gasteiger partial charge in [-0.05, 0) is 23.3 Å². The summed E-state index contributed by atoms with van der Waals surface area (Å²) in [7, 11) is -3.18. The molecule has 0 aliphatic rings. The monoisotopic (exact) mass is 345 g/mol. The summed E-state index contributed by atoms with van der Waals surface area (Å²) in [6.45, 7) is 0.546. The van der Waals surface area contributed by atoms with Gasteiger partial charge in [-0.2, -0.15) is 0 Å². The molecule has 0 saturated carbocycles. The van der Waals surface area contributed by atoms with E-state index >= 15 is 0 Å². The minimum atomic E-state index is -3.18. The van der Waals surface area contributed by atoms with Crippen LogP contribution in [0, 0.1) is 0 Å². The number of sulfone groups is 1. The summed E-state index contributed by atoms with van der Waals surface area (Å²) in [6, 6.07) is 16.0. The first-order chi connectivity index (χ1) is 11.4. The fourth-order valence-corrected chi connectivity index (χ4v) is 2.57. The van der Waals surface area contributed by atoms with Crippen molar-refractivity contribution in [2.45, 2.75) is 11.5 Å². The molecule has 1 N–H and O–H groups in total. The number of benzene rings is 2. The van der Waals surface area contributed by atoms with E-state index in [0.29, 0.717) is 6.54 Å². The molecule has 0 radical (unpaired) electrons. The number of hydrogen-bond donors (Lipinski definition) is 1. The van der Waals surface area contributed by atoms with Crippen LogP contribution < -0.4 is 5.32 Å². The highest BCUT2D eigenvalue weighted by Gasteiger charge is 2.05. The zero-order valence-electron chi connectivity index (χ0n) is 13.3. The molecule has 0 atom stereocenters. The number of ether oxygens (including phenoxy) is 1. The van der Waals surface area contributed by atoms with E-state index in [2.05, 4.69) is 5.32 Å². The molecule has 0 bridgehead atoms. The Bertz CT molecular complexity index is 797. The Morgan fingerprint density at radius 3 is 2.38 bits per heavy atom. The Morgan fingerprint density at radius 1 is 1.08 bits per heavy atom. The number of rotatable bonds is 6. The van der Waals surface area contributed by atoms with E-state index in [4.69, 9.17) is 4.74 Å². The van der Waals surface area contributed by atoms with E-state index in [-0.39, 0.29) is 11.5 Å². The Labute approximate surface area is 141 Å². The summed E-state index contributed by atoms with van der Waals surface area (Å²) < 4.78 is 27.8. The van der Waals surface area contributed by atoms with Crippen LogP contribution in [0.5, 0.6) is 0 Å². The molecule has 0 aliphatic heterocycles. The normalized spacial score (nSPS) is 11.4. The Kier molecular flexibility index (Phi) is 6.14. The Morgan fingerprint density at radius 2 is 1.75 bits per heavy atom. The van der Waals surface area contributed by atoms with Crippen molar-refractivity contribution < 1.29 is 17.9 Å². The summed E-state index contributed by atoms with van der Waals surface area (Å²) in [5.74, 6) is 0. The third-order valence-electron chi connectivity index (χ3n) is 3.20. The highest BCUT2D eigenvalue weighted by Crippen LogP contribution is 2.11. The molecular formula is C18H19NO4S. The van der Waals surface area contributed by atoms with Gasteiger partial charge in [0.2, 0.25) is 0 Å². The standard InChI is InChI=1S/C18H19NO4S/c1-24(21,22)17-11-9-15(10-12-17)8-5-13-19-18(20)23-14-16-6-3-2-4-7-16/h2-12H,13-14H2,1H3,(H,19,20)/b8-5+. The van der Waals surface area contributed by atoms with Gasteiger partial charge in [0.25, 0.3) is 0 Å². The second-order valence-corrected chi connectivity index (χ2v) is 7.20. The SMILES string of the molecule is CS(=O)(=O)c1ccc(/C=C/CNC(=O)OCc2ccccc2)cc1. The molecule has 0 aliphatic carbocycles. The maximum atomic E-state index is 11.5. The summed E-state index contributed by atoms with van der Waals surface area (Å²) in [6.07, 6.45) is 4.24. The van der Waals surface area contributed by atoms with Crippen molar-refractivity contribution in [3.8, 4) is 0 Å². The Balaban J connectivity index is 1.75. The van der Waals surface area contributed by atoms with Gasteiger partial charge < -0.3 is 10.1 Å². The lowest BCUT2D eigenvalue weighted by atomic mass is 10.2. The van der Waals surface area contributed by atoms with Crippen molar-refractivity contribution in [3.63, 3.8) is 0 Å². The Hall–Kier alpha value is -2.60. The molecule has 2 rings (SSSR count). The lowest BCUT2D eigenvalue weighted by molar-refractivity contribution is 0.141. The highest BCUT2D eigenvalue weighted by molar-refractivity contribution is 7.90. The van der Waals surface area contributed by atoms with Gasteiger partial charge in [0, 0.05) is 12.8 Å². The molecule has 2 aromatic carbocycles. The number of carbonyl (C=O) groups excluding carboxylic acids is 1. The molecule has 0 spiro atoms. The van der Waals surface area contributed by atoms with Crippen LogP contribution in [0.4, 0.5) is 4.79 Å². The van der Waals surface area contributed by atoms with Crippen LogP contribution in [-0.2, 0) is 21.2 Å². The van der Waals surface area contributed by atoms with Crippen molar-refractivity contribution in [2.24, 2.45) is 0 Å². The quantitative estimate of drug-likeness (QED) is 0.873. The molecule has 1 amide bonds. The van der Waals surface area contributed by atoms with Gasteiger partial charge in [-0.1, -0.05) is 54.6 Å². The number of hydrogen-bond acceptors (Lipinski definition) is 4. The van der Waals surface area contributed by atoms with Gasteiger partial charge in [-0.15, -0.1) is 0 Å². The van der Waals surface area contributed by atoms with E-state index < -0.39 is 15.9 Å². The predicted molar refractivity (Wildman–Crippen MR) is 93.2 cm³/mol. The third kappa shape index (κ3) is 5.89. The van der Waals surface area contributed by atoms with Crippen LogP contribution in [0.2, 0.25) is 0 Å². The van der Waals surface area contributed by atoms with Gasteiger partial charge in [-0.3, -0.25) is 0 Å². The fourth-order valence-electron chi connectivity index (χ4n) is 1.94. The lowest BCUT2D eigenvalue weighted by Crippen LogP contribution is -2.24. The topological polar surface area (TPSA) is 72.5 Å². The van der Waals surface area contributed by atoms with E-state index in [1.807, 2.05) is 30.3 Å². The molecule has 0 fully saturated rings. The molecule has 126 valence electrons. The molecule has 6 heteroatoms. The zero-order valence-corrected chi connectivity index (χ0v) is 14.1. The maximum Gasteiger partial charge on any atom is 0.407 e. The van der Waals surface area contributed by atoms with Gasteiger partial charge >= 0.3 is 6.09 Å². The highest BCUT2D eigenvalue weighted by atomic mass is 32.2. The smallest absolute Gasteiger partial charge is 0.407 e. The van der Waals surface area contributed by atoms with Crippen molar-refractivity contribution >= 4 is 22.0 Å². The molecule has 0 saturated heterocycles. The van der Waals surface area contributed by atoms with E-state index in [0.717, 1.165) is 11.1 Å². The average molecular weight is 345 g/mol. The van der Waals surface area contributed by atoms with Gasteiger partial charge in [0.05, 0.1) is 4.90 Å². The first kappa shape index (κ1) is 17.7. The maximum absolute atomic E-state index is 11.5. The molecule has 2 aromatic rings. The fraction of sp³-hybridized carbons (Fsp3) is 0.167. The second-order valence-electron chi connectivity index (χ2n) is 5.19. The summed E-state index contributed by atoms with van der Waals surface area (Å²) in [5.41, 5.74) is 1.77. The van der Waals surface area contributed by atoms with Crippen LogP contribution >= 0.6 is 0 Å². The number of alkyl carbamates (subject to hydrolysis) is 1. The number of nitrogens with one attached hydrogen (secondary N) is 1. The molecule has 0 heterocycles. The van der Waals surface area contributed by atoms with Crippen molar-refractivity contribution in [2.75, 3.05) is 12.8 Å². The summed E-state index contributed by atoms with van der Waals surface area (Å²) >= 11 is 0. The number of carbonyl (C=O) groups is 1. The van der Waals surface area contributed by atoms with Crippen molar-refractivity contribution in [1.82, 2.24) is 5.32 Å². The first-order valence-corrected chi connectivity index (χ1v) is 9.25. The van der Waals surface area contributed by atoms with Gasteiger partial charge in [-0.25, -0.2) is 13.2 Å². The zero-order chi connectivity index (χ0) is 17.4. The van der Waals surface area contributed by atoms with Crippen LogP contribution in [0.15, 0.2) is 65.6 Å². The van der Waals surface area contributed by atoms with E-state index in [1.165, 1.54) is 6.26 Å². The van der Waals surface area contributed by atoms with E-state index in [1.54, 1.807) is 36.4 Å². The van der Waals surface area contributed by atoms with Crippen molar-refractivity contribution in [3.05, 3.63) is 71.8 Å².